The van der Waals surface area contributed by atoms with E-state index in [4.69, 9.17) is 9.47 Å². The molecule has 0 bridgehead atoms. The Hall–Kier alpha value is -0.160. The zero-order valence-corrected chi connectivity index (χ0v) is 21.2. The van der Waals surface area contributed by atoms with Crippen molar-refractivity contribution in [3.05, 3.63) is 0 Å². The molecule has 0 spiro atoms. The molecular formula is C26H54N2O2. The second-order valence-electron chi connectivity index (χ2n) is 10.3. The van der Waals surface area contributed by atoms with Gasteiger partial charge in [-0.05, 0) is 103 Å². The highest BCUT2D eigenvalue weighted by Crippen LogP contribution is 2.26. The highest BCUT2D eigenvalue weighted by atomic mass is 16.5. The van der Waals surface area contributed by atoms with Gasteiger partial charge in [-0.3, -0.25) is 0 Å². The Labute approximate surface area is 189 Å². The molecule has 1 atom stereocenters. The summed E-state index contributed by atoms with van der Waals surface area (Å²) < 4.78 is 10.2. The summed E-state index contributed by atoms with van der Waals surface area (Å²) in [5, 5.41) is 0. The Kier molecular flexibility index (Phi) is 17.1. The van der Waals surface area contributed by atoms with Crippen LogP contribution >= 0.6 is 0 Å². The van der Waals surface area contributed by atoms with E-state index < -0.39 is 0 Å². The van der Waals surface area contributed by atoms with Crippen LogP contribution < -0.4 is 0 Å². The molecule has 0 radical (unpaired) electrons. The van der Waals surface area contributed by atoms with E-state index in [9.17, 15) is 0 Å². The fourth-order valence-electron chi connectivity index (χ4n) is 3.56. The minimum Gasteiger partial charge on any atom is -0.381 e. The molecular weight excluding hydrogens is 372 g/mol. The molecule has 5 rings (SSSR count). The fraction of sp³-hybridized carbons (Fsp3) is 1.00. The second kappa shape index (κ2) is 18.4. The van der Waals surface area contributed by atoms with Gasteiger partial charge in [-0.15, -0.1) is 0 Å². The van der Waals surface area contributed by atoms with Crippen molar-refractivity contribution in [3.8, 4) is 0 Å². The van der Waals surface area contributed by atoms with Crippen LogP contribution in [0.3, 0.4) is 0 Å². The van der Waals surface area contributed by atoms with Gasteiger partial charge in [0.2, 0.25) is 0 Å². The monoisotopic (exact) mass is 426 g/mol. The van der Waals surface area contributed by atoms with Gasteiger partial charge in [0.25, 0.3) is 0 Å². The maximum absolute atomic E-state index is 5.14. The molecule has 180 valence electrons. The van der Waals surface area contributed by atoms with Gasteiger partial charge in [-0.25, -0.2) is 0 Å². The van der Waals surface area contributed by atoms with Crippen molar-refractivity contribution in [2.24, 2.45) is 17.8 Å². The topological polar surface area (TPSA) is 24.9 Å². The van der Waals surface area contributed by atoms with Crippen molar-refractivity contribution in [1.82, 2.24) is 9.80 Å². The van der Waals surface area contributed by atoms with Crippen molar-refractivity contribution in [2.75, 3.05) is 66.7 Å². The van der Waals surface area contributed by atoms with E-state index >= 15 is 0 Å². The first-order chi connectivity index (χ1) is 14.5. The van der Waals surface area contributed by atoms with Crippen LogP contribution in [0.4, 0.5) is 0 Å². The number of hydrogen-bond acceptors (Lipinski definition) is 4. The Morgan fingerprint density at radius 1 is 0.500 bits per heavy atom. The summed E-state index contributed by atoms with van der Waals surface area (Å²) >= 11 is 0. The maximum Gasteiger partial charge on any atom is 0.0492 e. The smallest absolute Gasteiger partial charge is 0.0492 e. The van der Waals surface area contributed by atoms with Crippen LogP contribution in [-0.2, 0) is 9.47 Å². The summed E-state index contributed by atoms with van der Waals surface area (Å²) in [6.07, 6.45) is 13.9. The predicted octanol–water partition coefficient (Wildman–Crippen LogP) is 5.71. The molecule has 0 aromatic heterocycles. The van der Waals surface area contributed by atoms with Gasteiger partial charge in [-0.2, -0.15) is 0 Å². The van der Waals surface area contributed by atoms with Crippen molar-refractivity contribution in [3.63, 3.8) is 0 Å². The second-order valence-corrected chi connectivity index (χ2v) is 10.3. The van der Waals surface area contributed by atoms with Crippen LogP contribution in [0.1, 0.15) is 85.0 Å². The van der Waals surface area contributed by atoms with E-state index in [0.29, 0.717) is 0 Å². The molecule has 5 fully saturated rings. The summed E-state index contributed by atoms with van der Waals surface area (Å²) in [5.41, 5.74) is 0. The van der Waals surface area contributed by atoms with Gasteiger partial charge < -0.3 is 19.3 Å². The SMILES string of the molecule is CC1CC1.CC1CCOC1.CC1CCOCC1.CN1CCCC1.CN1CCCCC1. The lowest BCUT2D eigenvalue weighted by Crippen LogP contribution is -2.24. The van der Waals surface area contributed by atoms with Gasteiger partial charge in [0.15, 0.2) is 0 Å². The third-order valence-corrected chi connectivity index (χ3v) is 6.44. The van der Waals surface area contributed by atoms with Crippen molar-refractivity contribution >= 4 is 0 Å². The van der Waals surface area contributed by atoms with Crippen molar-refractivity contribution in [2.45, 2.75) is 85.0 Å². The Morgan fingerprint density at radius 3 is 1.07 bits per heavy atom. The average molecular weight is 427 g/mol. The Morgan fingerprint density at radius 2 is 0.900 bits per heavy atom. The highest BCUT2D eigenvalue weighted by molar-refractivity contribution is 4.65. The van der Waals surface area contributed by atoms with E-state index in [1.54, 1.807) is 0 Å². The van der Waals surface area contributed by atoms with Crippen LogP contribution in [0.25, 0.3) is 0 Å². The molecule has 4 heteroatoms. The van der Waals surface area contributed by atoms with Crippen LogP contribution in [0, 0.1) is 17.8 Å². The van der Waals surface area contributed by atoms with Gasteiger partial charge in [0.05, 0.1) is 0 Å². The molecule has 4 saturated heterocycles. The molecule has 0 N–H and O–H groups in total. The zero-order valence-electron chi connectivity index (χ0n) is 21.2. The molecule has 1 aliphatic carbocycles. The van der Waals surface area contributed by atoms with Gasteiger partial charge >= 0.3 is 0 Å². The van der Waals surface area contributed by atoms with Crippen LogP contribution in [0.2, 0.25) is 0 Å². The summed E-state index contributed by atoms with van der Waals surface area (Å²) in [6.45, 7) is 16.0. The largest absolute Gasteiger partial charge is 0.381 e. The van der Waals surface area contributed by atoms with E-state index in [1.165, 1.54) is 90.4 Å². The van der Waals surface area contributed by atoms with Gasteiger partial charge in [0.1, 0.15) is 0 Å². The lowest BCUT2D eigenvalue weighted by atomic mass is 10.0. The molecule has 1 unspecified atom stereocenters. The normalized spacial score (nSPS) is 27.3. The number of hydrogen-bond donors (Lipinski definition) is 0. The minimum absolute atomic E-state index is 0.824. The predicted molar refractivity (Wildman–Crippen MR) is 130 cm³/mol. The number of ether oxygens (including phenoxy) is 2. The van der Waals surface area contributed by atoms with E-state index in [1.807, 2.05) is 0 Å². The number of likely N-dealkylation sites (tertiary alicyclic amines) is 2. The molecule has 0 aromatic rings. The first-order valence-electron chi connectivity index (χ1n) is 13.0. The molecule has 4 aliphatic heterocycles. The van der Waals surface area contributed by atoms with Gasteiger partial charge in [0, 0.05) is 26.4 Å². The summed E-state index contributed by atoms with van der Waals surface area (Å²) in [7, 11) is 4.37. The molecule has 0 aromatic carbocycles. The van der Waals surface area contributed by atoms with Crippen LogP contribution in [-0.4, -0.2) is 76.5 Å². The average Bonchev–Trinajstić information content (AvgIpc) is 3.16. The zero-order chi connectivity index (χ0) is 22.0. The first kappa shape index (κ1) is 27.9. The van der Waals surface area contributed by atoms with E-state index in [0.717, 1.165) is 44.2 Å². The molecule has 30 heavy (non-hydrogen) atoms. The third kappa shape index (κ3) is 18.6. The summed E-state index contributed by atoms with van der Waals surface area (Å²) in [6, 6.07) is 0. The first-order valence-corrected chi connectivity index (χ1v) is 13.0. The van der Waals surface area contributed by atoms with Crippen LogP contribution in [0.5, 0.6) is 0 Å². The highest BCUT2D eigenvalue weighted by Gasteiger charge is 2.12. The van der Waals surface area contributed by atoms with Crippen LogP contribution in [0.15, 0.2) is 0 Å². The minimum atomic E-state index is 0.824. The molecule has 4 nitrogen and oxygen atoms in total. The fourth-order valence-corrected chi connectivity index (χ4v) is 3.56. The van der Waals surface area contributed by atoms with Crippen molar-refractivity contribution in [1.29, 1.82) is 0 Å². The molecule has 1 saturated carbocycles. The van der Waals surface area contributed by atoms with E-state index in [-0.39, 0.29) is 0 Å². The standard InChI is InChI=1S/C6H13N.C6H12O.C5H11N.C5H10O.C4H8/c1-7-5-3-2-4-6-7;1-6-2-4-7-5-3-6;1-6-4-2-3-5-6;1-5-2-3-6-4-5;1-4-2-3-4/h2-6H2,1H3;6H,2-5H2,1H3;2-5H2,1H3;5H,2-4H2,1H3;4H,2-3H2,1H3. The number of nitrogens with zero attached hydrogens (tertiary/aromatic N) is 2. The Balaban J connectivity index is 0.000000189. The lowest BCUT2D eigenvalue weighted by Gasteiger charge is -2.20. The van der Waals surface area contributed by atoms with Gasteiger partial charge in [-0.1, -0.05) is 40.0 Å². The van der Waals surface area contributed by atoms with Crippen molar-refractivity contribution < 1.29 is 9.47 Å². The maximum atomic E-state index is 5.14. The summed E-state index contributed by atoms with van der Waals surface area (Å²) in [5.74, 6) is 2.82. The molecule has 0 amide bonds. The number of piperidine rings is 1. The van der Waals surface area contributed by atoms with E-state index in [2.05, 4.69) is 44.7 Å². The lowest BCUT2D eigenvalue weighted by molar-refractivity contribution is 0.0716. The third-order valence-electron chi connectivity index (χ3n) is 6.44. The number of rotatable bonds is 0. The molecule has 4 heterocycles. The Bertz CT molecular complexity index is 322. The molecule has 5 aliphatic rings. The quantitative estimate of drug-likeness (QED) is 0.495. The summed E-state index contributed by atoms with van der Waals surface area (Å²) in [4.78, 5) is 4.75.